The highest BCUT2D eigenvalue weighted by Gasteiger charge is 2.49. The predicted molar refractivity (Wildman–Crippen MR) is 83.3 cm³/mol. The number of carbonyl (C=O) groups is 2. The minimum Gasteiger partial charge on any atom is -0.383 e. The van der Waals surface area contributed by atoms with Crippen molar-refractivity contribution in [3.8, 4) is 0 Å². The molecule has 0 radical (unpaired) electrons. The molecule has 3 rings (SSSR count). The third-order valence-electron chi connectivity index (χ3n) is 5.76. The highest BCUT2D eigenvalue weighted by atomic mass is 16.5. The van der Waals surface area contributed by atoms with Gasteiger partial charge >= 0.3 is 0 Å². The molecule has 0 unspecified atom stereocenters. The van der Waals surface area contributed by atoms with Gasteiger partial charge in [-0.15, -0.1) is 0 Å². The van der Waals surface area contributed by atoms with Crippen LogP contribution in [-0.4, -0.2) is 61.5 Å². The Morgan fingerprint density at radius 2 is 2.00 bits per heavy atom. The van der Waals surface area contributed by atoms with E-state index in [9.17, 15) is 9.59 Å². The Hall–Kier alpha value is -1.10. The van der Waals surface area contributed by atoms with Gasteiger partial charge in [-0.2, -0.15) is 0 Å². The standard InChI is InChI=1S/C17H28N2O3/c1-22-12-11-18-9-4-7-17(16(18)21)8-10-19(13-17)15(20)14-5-2-3-6-14/h14H,2-13H2,1H3/t17-/m1/s1. The zero-order valence-corrected chi connectivity index (χ0v) is 13.7. The molecule has 5 heteroatoms. The van der Waals surface area contributed by atoms with Crippen molar-refractivity contribution in [1.82, 2.24) is 9.80 Å². The molecule has 0 aromatic rings. The van der Waals surface area contributed by atoms with Crippen molar-refractivity contribution in [3.05, 3.63) is 0 Å². The lowest BCUT2D eigenvalue weighted by Crippen LogP contribution is -2.51. The van der Waals surface area contributed by atoms with Gasteiger partial charge in [0.15, 0.2) is 0 Å². The summed E-state index contributed by atoms with van der Waals surface area (Å²) in [5, 5.41) is 0. The van der Waals surface area contributed by atoms with Crippen molar-refractivity contribution in [2.75, 3.05) is 39.9 Å². The number of nitrogens with zero attached hydrogens (tertiary/aromatic N) is 2. The van der Waals surface area contributed by atoms with E-state index in [2.05, 4.69) is 0 Å². The van der Waals surface area contributed by atoms with Gasteiger partial charge < -0.3 is 14.5 Å². The fourth-order valence-corrected chi connectivity index (χ4v) is 4.44. The number of piperidine rings is 1. The summed E-state index contributed by atoms with van der Waals surface area (Å²) >= 11 is 0. The van der Waals surface area contributed by atoms with Crippen LogP contribution in [0.15, 0.2) is 0 Å². The van der Waals surface area contributed by atoms with E-state index in [1.54, 1.807) is 7.11 Å². The lowest BCUT2D eigenvalue weighted by atomic mass is 9.78. The van der Waals surface area contributed by atoms with Crippen LogP contribution in [0.4, 0.5) is 0 Å². The molecule has 0 bridgehead atoms. The fourth-order valence-electron chi connectivity index (χ4n) is 4.44. The average Bonchev–Trinajstić information content (AvgIpc) is 3.19. The van der Waals surface area contributed by atoms with Gasteiger partial charge in [0.25, 0.3) is 0 Å². The minimum absolute atomic E-state index is 0.221. The maximum Gasteiger partial charge on any atom is 0.230 e. The number of rotatable bonds is 4. The first-order valence-electron chi connectivity index (χ1n) is 8.73. The molecule has 1 saturated carbocycles. The van der Waals surface area contributed by atoms with Crippen molar-refractivity contribution in [1.29, 1.82) is 0 Å². The second-order valence-electron chi connectivity index (χ2n) is 7.16. The molecule has 0 aromatic carbocycles. The molecule has 5 nitrogen and oxygen atoms in total. The summed E-state index contributed by atoms with van der Waals surface area (Å²) in [6, 6.07) is 0. The third-order valence-corrected chi connectivity index (χ3v) is 5.76. The van der Waals surface area contributed by atoms with Crippen LogP contribution in [-0.2, 0) is 14.3 Å². The third kappa shape index (κ3) is 2.87. The molecule has 22 heavy (non-hydrogen) atoms. The zero-order chi connectivity index (χ0) is 15.6. The van der Waals surface area contributed by atoms with Crippen LogP contribution in [0.5, 0.6) is 0 Å². The van der Waals surface area contributed by atoms with Gasteiger partial charge in [-0.1, -0.05) is 12.8 Å². The molecule has 1 spiro atoms. The van der Waals surface area contributed by atoms with Gasteiger partial charge in [0.1, 0.15) is 0 Å². The quantitative estimate of drug-likeness (QED) is 0.794. The Kier molecular flexibility index (Phi) is 4.71. The number of hydrogen-bond donors (Lipinski definition) is 0. The Morgan fingerprint density at radius 1 is 1.23 bits per heavy atom. The number of methoxy groups -OCH3 is 1. The van der Waals surface area contributed by atoms with E-state index in [0.29, 0.717) is 25.6 Å². The summed E-state index contributed by atoms with van der Waals surface area (Å²) in [4.78, 5) is 29.4. The number of likely N-dealkylation sites (tertiary alicyclic amines) is 2. The molecular formula is C17H28N2O3. The van der Waals surface area contributed by atoms with Crippen LogP contribution in [0, 0.1) is 11.3 Å². The maximum atomic E-state index is 12.9. The normalized spacial score (nSPS) is 29.8. The smallest absolute Gasteiger partial charge is 0.230 e. The summed E-state index contributed by atoms with van der Waals surface area (Å²) in [5.41, 5.74) is -0.305. The van der Waals surface area contributed by atoms with Crippen LogP contribution in [0.25, 0.3) is 0 Å². The van der Waals surface area contributed by atoms with Crippen LogP contribution >= 0.6 is 0 Å². The SMILES string of the molecule is COCCN1CCC[C@]2(CCN(C(=O)C3CCCC3)C2)C1=O. The maximum absolute atomic E-state index is 12.9. The van der Waals surface area contributed by atoms with E-state index >= 15 is 0 Å². The molecule has 2 saturated heterocycles. The molecule has 2 amide bonds. The first-order valence-corrected chi connectivity index (χ1v) is 8.73. The monoisotopic (exact) mass is 308 g/mol. The molecule has 2 aliphatic heterocycles. The second kappa shape index (κ2) is 6.57. The lowest BCUT2D eigenvalue weighted by Gasteiger charge is -2.39. The van der Waals surface area contributed by atoms with E-state index in [4.69, 9.17) is 4.74 Å². The van der Waals surface area contributed by atoms with E-state index in [1.165, 1.54) is 12.8 Å². The van der Waals surface area contributed by atoms with Gasteiger partial charge in [0.2, 0.25) is 11.8 Å². The Labute approximate surface area is 133 Å². The second-order valence-corrected chi connectivity index (χ2v) is 7.16. The van der Waals surface area contributed by atoms with Gasteiger partial charge in [0.05, 0.1) is 12.0 Å². The van der Waals surface area contributed by atoms with Crippen LogP contribution in [0.2, 0.25) is 0 Å². The summed E-state index contributed by atoms with van der Waals surface area (Å²) in [7, 11) is 1.67. The van der Waals surface area contributed by atoms with Crippen LogP contribution in [0.3, 0.4) is 0 Å². The van der Waals surface area contributed by atoms with Crippen LogP contribution in [0.1, 0.15) is 44.9 Å². The van der Waals surface area contributed by atoms with Crippen molar-refractivity contribution < 1.29 is 14.3 Å². The molecule has 1 aliphatic carbocycles. The molecule has 2 heterocycles. The fraction of sp³-hybridized carbons (Fsp3) is 0.882. The first-order chi connectivity index (χ1) is 10.7. The number of ether oxygens (including phenoxy) is 1. The largest absolute Gasteiger partial charge is 0.383 e. The number of carbonyl (C=O) groups excluding carboxylic acids is 2. The summed E-state index contributed by atoms with van der Waals surface area (Å²) in [5.74, 6) is 0.771. The van der Waals surface area contributed by atoms with Gasteiger partial charge in [0, 0.05) is 39.2 Å². The zero-order valence-electron chi connectivity index (χ0n) is 13.7. The molecule has 3 fully saturated rings. The molecule has 0 N–H and O–H groups in total. The molecule has 124 valence electrons. The van der Waals surface area contributed by atoms with Crippen LogP contribution < -0.4 is 0 Å². The summed E-state index contributed by atoms with van der Waals surface area (Å²) in [6.07, 6.45) is 7.25. The Balaban J connectivity index is 1.64. The van der Waals surface area contributed by atoms with E-state index in [-0.39, 0.29) is 17.2 Å². The van der Waals surface area contributed by atoms with Crippen molar-refractivity contribution >= 4 is 11.8 Å². The number of hydrogen-bond acceptors (Lipinski definition) is 3. The molecule has 1 atom stereocenters. The average molecular weight is 308 g/mol. The van der Waals surface area contributed by atoms with Gasteiger partial charge in [-0.25, -0.2) is 0 Å². The van der Waals surface area contributed by atoms with Gasteiger partial charge in [-0.05, 0) is 32.1 Å². The highest BCUT2D eigenvalue weighted by molar-refractivity contribution is 5.86. The first kappa shape index (κ1) is 15.8. The molecule has 3 aliphatic rings. The van der Waals surface area contributed by atoms with E-state index in [0.717, 1.165) is 45.2 Å². The molecule has 0 aromatic heterocycles. The molecular weight excluding hydrogens is 280 g/mol. The van der Waals surface area contributed by atoms with E-state index < -0.39 is 0 Å². The summed E-state index contributed by atoms with van der Waals surface area (Å²) < 4.78 is 5.11. The Morgan fingerprint density at radius 3 is 2.73 bits per heavy atom. The summed E-state index contributed by atoms with van der Waals surface area (Å²) in [6.45, 7) is 3.50. The minimum atomic E-state index is -0.305. The lowest BCUT2D eigenvalue weighted by molar-refractivity contribution is -0.147. The van der Waals surface area contributed by atoms with Crippen molar-refractivity contribution in [2.45, 2.75) is 44.9 Å². The number of amides is 2. The predicted octanol–water partition coefficient (Wildman–Crippen LogP) is 1.66. The van der Waals surface area contributed by atoms with E-state index in [1.807, 2.05) is 9.80 Å². The van der Waals surface area contributed by atoms with Gasteiger partial charge in [-0.3, -0.25) is 9.59 Å². The van der Waals surface area contributed by atoms with Crippen molar-refractivity contribution in [3.63, 3.8) is 0 Å². The van der Waals surface area contributed by atoms with Crippen molar-refractivity contribution in [2.24, 2.45) is 11.3 Å². The highest BCUT2D eigenvalue weighted by Crippen LogP contribution is 2.41. The topological polar surface area (TPSA) is 49.9 Å². The Bertz CT molecular complexity index is 434.